The van der Waals surface area contributed by atoms with Crippen molar-refractivity contribution in [2.45, 2.75) is 74.1 Å². The summed E-state index contributed by atoms with van der Waals surface area (Å²) in [6.45, 7) is 1.11. The molecule has 220 valence electrons. The number of halogens is 4. The number of aryl methyl sites for hydroxylation is 1. The molecule has 0 aromatic heterocycles. The lowest BCUT2D eigenvalue weighted by atomic mass is 9.84. The van der Waals surface area contributed by atoms with Gasteiger partial charge in [-0.05, 0) is 61.9 Å². The summed E-state index contributed by atoms with van der Waals surface area (Å²) in [5.41, 5.74) is -0.965. The van der Waals surface area contributed by atoms with E-state index >= 15 is 8.78 Å². The van der Waals surface area contributed by atoms with Crippen LogP contribution < -0.4 is 10.0 Å². The van der Waals surface area contributed by atoms with Crippen molar-refractivity contribution >= 4 is 21.6 Å². The van der Waals surface area contributed by atoms with Gasteiger partial charge in [0.2, 0.25) is 0 Å². The van der Waals surface area contributed by atoms with E-state index in [0.29, 0.717) is 76.7 Å². The fourth-order valence-corrected chi connectivity index (χ4v) is 6.34. The highest BCUT2D eigenvalue weighted by Gasteiger charge is 2.41. The van der Waals surface area contributed by atoms with Gasteiger partial charge >= 0.3 is 0 Å². The normalized spacial score (nSPS) is 18.6. The highest BCUT2D eigenvalue weighted by Crippen LogP contribution is 2.32. The van der Waals surface area contributed by atoms with Crippen LogP contribution >= 0.6 is 0 Å². The molecule has 1 heterocycles. The molecule has 40 heavy (non-hydrogen) atoms. The van der Waals surface area contributed by atoms with Gasteiger partial charge in [0.1, 0.15) is 23.3 Å². The number of sulfonamides is 1. The Balaban J connectivity index is 1.48. The number of carbonyl (C=O) groups is 1. The Morgan fingerprint density at radius 1 is 1.05 bits per heavy atom. The molecule has 7 nitrogen and oxygen atoms in total. The monoisotopic (exact) mass is 585 g/mol. The summed E-state index contributed by atoms with van der Waals surface area (Å²) in [6.07, 6.45) is 3.47. The Bertz CT molecular complexity index is 1260. The number of nitrogens with one attached hydrogen (secondary N) is 2. The largest absolute Gasteiger partial charge is 0.378 e. The van der Waals surface area contributed by atoms with Crippen LogP contribution in [0, 0.1) is 17.5 Å². The summed E-state index contributed by atoms with van der Waals surface area (Å²) in [5, 5.41) is 2.85. The maximum atomic E-state index is 15.2. The maximum absolute atomic E-state index is 15.2. The van der Waals surface area contributed by atoms with Crippen molar-refractivity contribution < 1.29 is 35.5 Å². The third kappa shape index (κ3) is 7.32. The Labute approximate surface area is 232 Å². The van der Waals surface area contributed by atoms with Gasteiger partial charge in [-0.2, -0.15) is 0 Å². The molecule has 0 unspecified atom stereocenters. The zero-order chi connectivity index (χ0) is 28.9. The van der Waals surface area contributed by atoms with Crippen LogP contribution in [0.25, 0.3) is 0 Å². The minimum Gasteiger partial charge on any atom is -0.378 e. The Morgan fingerprint density at radius 3 is 2.25 bits per heavy atom. The van der Waals surface area contributed by atoms with Gasteiger partial charge in [0.15, 0.2) is 11.6 Å². The van der Waals surface area contributed by atoms with Crippen LogP contribution in [0.2, 0.25) is 0 Å². The number of carbonyl (C=O) groups excluding carboxylic acids is 1. The van der Waals surface area contributed by atoms with Crippen molar-refractivity contribution in [1.29, 1.82) is 0 Å². The highest BCUT2D eigenvalue weighted by atomic mass is 32.2. The van der Waals surface area contributed by atoms with E-state index in [1.54, 1.807) is 12.1 Å². The van der Waals surface area contributed by atoms with E-state index in [1.165, 1.54) is 19.2 Å². The third-order valence-corrected chi connectivity index (χ3v) is 9.08. The number of alkyl halides is 1. The van der Waals surface area contributed by atoms with Crippen molar-refractivity contribution in [1.82, 2.24) is 9.62 Å². The standard InChI is InChI=1S/C28H35F4N3O4S/c1-39-28(12-3-2-4-13-28)27(36)34-40(37,38)23-15-24(31)26(25(32)16-23)33-22(11-14-35-17-21(30)18-35)10-7-19-5-8-20(29)9-6-19/h5-6,8-9,15-16,21-22,33H,2-4,7,10-14,17-18H2,1H3,(H,34,36)/t22-/m0/s1. The number of rotatable bonds is 12. The van der Waals surface area contributed by atoms with Crippen LogP contribution in [0.5, 0.6) is 0 Å². The second kappa shape index (κ2) is 12.9. The molecule has 2 aliphatic rings. The summed E-state index contributed by atoms with van der Waals surface area (Å²) in [5.74, 6) is -3.50. The maximum Gasteiger partial charge on any atom is 0.265 e. The Morgan fingerprint density at radius 2 is 1.68 bits per heavy atom. The molecule has 2 aromatic rings. The molecule has 1 saturated carbocycles. The SMILES string of the molecule is COC1(C(=O)NS(=O)(=O)c2cc(F)c(N[C@@H](CCc3ccc(F)cc3)CCN3CC(F)C3)c(F)c2)CCCCC1. The molecular formula is C28H35F4N3O4S. The van der Waals surface area contributed by atoms with Crippen molar-refractivity contribution in [2.75, 3.05) is 32.1 Å². The first-order chi connectivity index (χ1) is 19.0. The van der Waals surface area contributed by atoms with E-state index in [0.717, 1.165) is 12.0 Å². The summed E-state index contributed by atoms with van der Waals surface area (Å²) in [7, 11) is -3.24. The van der Waals surface area contributed by atoms with E-state index in [4.69, 9.17) is 4.74 Å². The molecule has 2 aromatic carbocycles. The number of ether oxygens (including phenoxy) is 1. The van der Waals surface area contributed by atoms with E-state index in [-0.39, 0.29) is 5.82 Å². The second-order valence-corrected chi connectivity index (χ2v) is 12.3. The van der Waals surface area contributed by atoms with Crippen LogP contribution in [-0.2, 0) is 26.0 Å². The lowest BCUT2D eigenvalue weighted by Gasteiger charge is -2.35. The zero-order valence-electron chi connectivity index (χ0n) is 22.4. The van der Waals surface area contributed by atoms with Crippen molar-refractivity contribution in [3.63, 3.8) is 0 Å². The van der Waals surface area contributed by atoms with Gasteiger partial charge in [-0.3, -0.25) is 9.69 Å². The number of anilines is 1. The zero-order valence-corrected chi connectivity index (χ0v) is 23.2. The van der Waals surface area contributed by atoms with E-state index in [2.05, 4.69) is 5.32 Å². The predicted octanol–water partition coefficient (Wildman–Crippen LogP) is 4.72. The minimum atomic E-state index is -4.58. The number of hydrogen-bond donors (Lipinski definition) is 2. The van der Waals surface area contributed by atoms with E-state index < -0.39 is 56.0 Å². The first-order valence-corrected chi connectivity index (χ1v) is 15.0. The lowest BCUT2D eigenvalue weighted by Crippen LogP contribution is -2.51. The average Bonchev–Trinajstić information content (AvgIpc) is 2.91. The molecule has 1 amide bonds. The van der Waals surface area contributed by atoms with Crippen LogP contribution in [0.1, 0.15) is 50.5 Å². The number of hydrogen-bond acceptors (Lipinski definition) is 6. The predicted molar refractivity (Wildman–Crippen MR) is 143 cm³/mol. The molecule has 4 rings (SSSR count). The number of nitrogens with zero attached hydrogens (tertiary/aromatic N) is 1. The van der Waals surface area contributed by atoms with Crippen LogP contribution in [-0.4, -0.2) is 63.8 Å². The van der Waals surface area contributed by atoms with Gasteiger partial charge in [-0.15, -0.1) is 0 Å². The smallest absolute Gasteiger partial charge is 0.265 e. The van der Waals surface area contributed by atoms with Gasteiger partial charge in [-0.25, -0.2) is 30.7 Å². The molecule has 0 radical (unpaired) electrons. The molecule has 1 atom stereocenters. The van der Waals surface area contributed by atoms with Crippen molar-refractivity contribution in [3.05, 3.63) is 59.4 Å². The summed E-state index contributed by atoms with van der Waals surface area (Å²) in [4.78, 5) is 14.0. The molecule has 1 aliphatic carbocycles. The van der Waals surface area contributed by atoms with Gasteiger partial charge in [0.05, 0.1) is 4.90 Å². The first-order valence-electron chi connectivity index (χ1n) is 13.5. The molecule has 2 N–H and O–H groups in total. The third-order valence-electron chi connectivity index (χ3n) is 7.77. The van der Waals surface area contributed by atoms with Crippen LogP contribution in [0.15, 0.2) is 41.3 Å². The van der Waals surface area contributed by atoms with Crippen molar-refractivity contribution in [3.8, 4) is 0 Å². The molecule has 1 aliphatic heterocycles. The number of methoxy groups -OCH3 is 1. The number of amides is 1. The van der Waals surface area contributed by atoms with E-state index in [9.17, 15) is 22.0 Å². The average molecular weight is 586 g/mol. The molecule has 0 bridgehead atoms. The topological polar surface area (TPSA) is 87.7 Å². The Hall–Kier alpha value is -2.70. The van der Waals surface area contributed by atoms with Gasteiger partial charge < -0.3 is 10.1 Å². The highest BCUT2D eigenvalue weighted by molar-refractivity contribution is 7.90. The van der Waals surface area contributed by atoms with Crippen molar-refractivity contribution in [2.24, 2.45) is 0 Å². The lowest BCUT2D eigenvalue weighted by molar-refractivity contribution is -0.145. The number of benzene rings is 2. The van der Waals surface area contributed by atoms with E-state index in [1.807, 2.05) is 9.62 Å². The fraction of sp³-hybridized carbons (Fsp3) is 0.536. The first kappa shape index (κ1) is 30.3. The molecule has 0 spiro atoms. The molecule has 1 saturated heterocycles. The minimum absolute atomic E-state index is 0.302. The van der Waals surface area contributed by atoms with Gasteiger partial charge in [0.25, 0.3) is 15.9 Å². The van der Waals surface area contributed by atoms with Gasteiger partial charge in [-0.1, -0.05) is 31.4 Å². The quantitative estimate of drug-likeness (QED) is 0.351. The van der Waals surface area contributed by atoms with Crippen LogP contribution in [0.3, 0.4) is 0 Å². The number of likely N-dealkylation sites (tertiary alicyclic amines) is 1. The summed E-state index contributed by atoms with van der Waals surface area (Å²) < 4.78 is 89.9. The molecular weight excluding hydrogens is 550 g/mol. The Kier molecular flexibility index (Phi) is 9.73. The van der Waals surface area contributed by atoms with Crippen LogP contribution in [0.4, 0.5) is 23.2 Å². The fourth-order valence-electron chi connectivity index (χ4n) is 5.28. The second-order valence-electron chi connectivity index (χ2n) is 10.6. The molecule has 2 fully saturated rings. The summed E-state index contributed by atoms with van der Waals surface area (Å²) >= 11 is 0. The molecule has 12 heteroatoms. The van der Waals surface area contributed by atoms with Gasteiger partial charge in [0, 0.05) is 32.8 Å². The summed E-state index contributed by atoms with van der Waals surface area (Å²) in [6, 6.07) is 6.82.